The van der Waals surface area contributed by atoms with Crippen molar-refractivity contribution in [1.82, 2.24) is 0 Å². The second-order valence-electron chi connectivity index (χ2n) is 4.88. The molecule has 2 aromatic rings. The van der Waals surface area contributed by atoms with E-state index in [-0.39, 0.29) is 6.04 Å². The summed E-state index contributed by atoms with van der Waals surface area (Å²) in [5.74, 6) is 0. The zero-order valence-corrected chi connectivity index (χ0v) is 13.4. The molecule has 1 nitrogen and oxygen atoms in total. The highest BCUT2D eigenvalue weighted by molar-refractivity contribution is 9.10. The molecule has 2 aromatic carbocycles. The van der Waals surface area contributed by atoms with Crippen molar-refractivity contribution in [2.24, 2.45) is 5.73 Å². The van der Waals surface area contributed by atoms with Crippen LogP contribution in [0.4, 0.5) is 0 Å². The molecule has 2 N–H and O–H groups in total. The third-order valence-electron chi connectivity index (χ3n) is 3.33. The summed E-state index contributed by atoms with van der Waals surface area (Å²) < 4.78 is 0.892. The summed E-state index contributed by atoms with van der Waals surface area (Å²) in [6, 6.07) is 12.2. The van der Waals surface area contributed by atoms with Crippen LogP contribution in [0.25, 0.3) is 0 Å². The van der Waals surface area contributed by atoms with Crippen LogP contribution in [-0.4, -0.2) is 0 Å². The maximum absolute atomic E-state index is 6.31. The van der Waals surface area contributed by atoms with Gasteiger partial charge in [0.25, 0.3) is 0 Å². The van der Waals surface area contributed by atoms with Crippen LogP contribution in [0.15, 0.2) is 40.9 Å². The van der Waals surface area contributed by atoms with Crippen LogP contribution in [0, 0.1) is 13.8 Å². The Morgan fingerprint density at radius 2 is 1.95 bits per heavy atom. The predicted molar refractivity (Wildman–Crippen MR) is 85.7 cm³/mol. The fourth-order valence-corrected chi connectivity index (χ4v) is 2.82. The van der Waals surface area contributed by atoms with Gasteiger partial charge in [-0.25, -0.2) is 0 Å². The van der Waals surface area contributed by atoms with Crippen LogP contribution in [0.1, 0.15) is 28.3 Å². The molecule has 0 fully saturated rings. The molecule has 19 heavy (non-hydrogen) atoms. The Morgan fingerprint density at radius 1 is 1.21 bits per heavy atom. The second kappa shape index (κ2) is 6.08. The Bertz CT molecular complexity index is 595. The van der Waals surface area contributed by atoms with E-state index in [9.17, 15) is 0 Å². The molecule has 0 aromatic heterocycles. The molecule has 0 saturated heterocycles. The van der Waals surface area contributed by atoms with Crippen LogP contribution in [0.2, 0.25) is 5.02 Å². The Morgan fingerprint density at radius 3 is 2.68 bits per heavy atom. The van der Waals surface area contributed by atoms with Crippen LogP contribution >= 0.6 is 27.5 Å². The standard InChI is InChI=1S/C16H17BrClN/c1-10-6-7-11(2)12(8-10)9-15(19)13-4-3-5-14(17)16(13)18/h3-8,15H,9,19H2,1-2H3. The van der Waals surface area contributed by atoms with E-state index < -0.39 is 0 Å². The number of hydrogen-bond donors (Lipinski definition) is 1. The molecule has 0 aliphatic heterocycles. The minimum atomic E-state index is -0.0921. The van der Waals surface area contributed by atoms with Crippen molar-refractivity contribution in [2.45, 2.75) is 26.3 Å². The van der Waals surface area contributed by atoms with Crippen molar-refractivity contribution in [3.63, 3.8) is 0 Å². The molecule has 0 aliphatic rings. The van der Waals surface area contributed by atoms with E-state index >= 15 is 0 Å². The molecule has 0 bridgehead atoms. The van der Waals surface area contributed by atoms with E-state index in [1.54, 1.807) is 0 Å². The molecule has 0 amide bonds. The first-order valence-corrected chi connectivity index (χ1v) is 7.41. The van der Waals surface area contributed by atoms with Gasteiger partial charge in [-0.3, -0.25) is 0 Å². The molecule has 0 aliphatic carbocycles. The average Bonchev–Trinajstić information content (AvgIpc) is 2.37. The van der Waals surface area contributed by atoms with Gasteiger partial charge in [0.05, 0.1) is 5.02 Å². The van der Waals surface area contributed by atoms with Crippen molar-refractivity contribution < 1.29 is 0 Å². The predicted octanol–water partition coefficient (Wildman–Crippen LogP) is 4.96. The summed E-state index contributed by atoms with van der Waals surface area (Å²) in [6.45, 7) is 4.21. The summed E-state index contributed by atoms with van der Waals surface area (Å²) in [7, 11) is 0. The lowest BCUT2D eigenvalue weighted by atomic mass is 9.95. The van der Waals surface area contributed by atoms with Gasteiger partial charge in [-0.2, -0.15) is 0 Å². The van der Waals surface area contributed by atoms with Gasteiger partial charge in [-0.1, -0.05) is 47.5 Å². The molecule has 0 spiro atoms. The quantitative estimate of drug-likeness (QED) is 0.841. The van der Waals surface area contributed by atoms with Crippen molar-refractivity contribution in [3.8, 4) is 0 Å². The number of hydrogen-bond acceptors (Lipinski definition) is 1. The molecule has 0 radical (unpaired) electrons. The van der Waals surface area contributed by atoms with Gasteiger partial charge in [0.15, 0.2) is 0 Å². The summed E-state index contributed by atoms with van der Waals surface area (Å²) in [5, 5.41) is 0.709. The van der Waals surface area contributed by atoms with E-state index in [2.05, 4.69) is 48.0 Å². The molecular weight excluding hydrogens is 322 g/mol. The number of aryl methyl sites for hydroxylation is 2. The maximum Gasteiger partial charge on any atom is 0.0595 e. The van der Waals surface area contributed by atoms with Gasteiger partial charge in [0, 0.05) is 10.5 Å². The van der Waals surface area contributed by atoms with E-state index in [0.717, 1.165) is 16.5 Å². The molecule has 100 valence electrons. The molecule has 0 saturated carbocycles. The largest absolute Gasteiger partial charge is 0.324 e. The SMILES string of the molecule is Cc1ccc(C)c(CC(N)c2cccc(Br)c2Cl)c1. The first kappa shape index (κ1) is 14.6. The number of halogens is 2. The normalized spacial score (nSPS) is 12.5. The lowest BCUT2D eigenvalue weighted by molar-refractivity contribution is 0.718. The van der Waals surface area contributed by atoms with Gasteiger partial charge >= 0.3 is 0 Å². The molecular formula is C16H17BrClN. The van der Waals surface area contributed by atoms with Gasteiger partial charge in [-0.15, -0.1) is 0 Å². The minimum Gasteiger partial charge on any atom is -0.324 e. The summed E-state index contributed by atoms with van der Waals surface area (Å²) >= 11 is 9.74. The summed E-state index contributed by atoms with van der Waals surface area (Å²) in [5.41, 5.74) is 11.1. The van der Waals surface area contributed by atoms with Gasteiger partial charge < -0.3 is 5.73 Å². The van der Waals surface area contributed by atoms with Crippen LogP contribution in [-0.2, 0) is 6.42 Å². The van der Waals surface area contributed by atoms with E-state index in [0.29, 0.717) is 5.02 Å². The first-order chi connectivity index (χ1) is 8.99. The number of benzene rings is 2. The van der Waals surface area contributed by atoms with Crippen molar-refractivity contribution >= 4 is 27.5 Å². The highest BCUT2D eigenvalue weighted by Gasteiger charge is 2.13. The molecule has 2 rings (SSSR count). The monoisotopic (exact) mass is 337 g/mol. The summed E-state index contributed by atoms with van der Waals surface area (Å²) in [6.07, 6.45) is 0.795. The van der Waals surface area contributed by atoms with Crippen molar-refractivity contribution in [3.05, 3.63) is 68.1 Å². The van der Waals surface area contributed by atoms with E-state index in [1.807, 2.05) is 18.2 Å². The lowest BCUT2D eigenvalue weighted by Gasteiger charge is -2.16. The van der Waals surface area contributed by atoms with Crippen LogP contribution < -0.4 is 5.73 Å². The molecule has 1 unspecified atom stereocenters. The van der Waals surface area contributed by atoms with E-state index in [4.69, 9.17) is 17.3 Å². The Hall–Kier alpha value is -0.830. The Labute approximate surface area is 127 Å². The highest BCUT2D eigenvalue weighted by Crippen LogP contribution is 2.31. The number of rotatable bonds is 3. The van der Waals surface area contributed by atoms with Crippen molar-refractivity contribution in [2.75, 3.05) is 0 Å². The van der Waals surface area contributed by atoms with E-state index in [1.165, 1.54) is 16.7 Å². The van der Waals surface area contributed by atoms with Crippen LogP contribution in [0.5, 0.6) is 0 Å². The zero-order valence-electron chi connectivity index (χ0n) is 11.1. The topological polar surface area (TPSA) is 26.0 Å². The second-order valence-corrected chi connectivity index (χ2v) is 6.12. The Kier molecular flexibility index (Phi) is 4.67. The highest BCUT2D eigenvalue weighted by atomic mass is 79.9. The smallest absolute Gasteiger partial charge is 0.0595 e. The maximum atomic E-state index is 6.31. The van der Waals surface area contributed by atoms with Crippen molar-refractivity contribution in [1.29, 1.82) is 0 Å². The lowest BCUT2D eigenvalue weighted by Crippen LogP contribution is -2.14. The van der Waals surface area contributed by atoms with Gasteiger partial charge in [-0.05, 0) is 59.0 Å². The summed E-state index contributed by atoms with van der Waals surface area (Å²) in [4.78, 5) is 0. The minimum absolute atomic E-state index is 0.0921. The first-order valence-electron chi connectivity index (χ1n) is 6.24. The third-order valence-corrected chi connectivity index (χ3v) is 4.64. The number of nitrogens with two attached hydrogens (primary N) is 1. The zero-order chi connectivity index (χ0) is 14.0. The Balaban J connectivity index is 2.28. The van der Waals surface area contributed by atoms with Gasteiger partial charge in [0.1, 0.15) is 0 Å². The average molecular weight is 339 g/mol. The molecule has 3 heteroatoms. The molecule has 1 atom stereocenters. The third kappa shape index (κ3) is 3.38. The van der Waals surface area contributed by atoms with Crippen LogP contribution in [0.3, 0.4) is 0 Å². The molecule has 0 heterocycles. The van der Waals surface area contributed by atoms with Gasteiger partial charge in [0.2, 0.25) is 0 Å². The fourth-order valence-electron chi connectivity index (χ4n) is 2.17. The fraction of sp³-hybridized carbons (Fsp3) is 0.250.